The smallest absolute Gasteiger partial charge is 0.107 e. The summed E-state index contributed by atoms with van der Waals surface area (Å²) in [4.78, 5) is 0. The maximum absolute atomic E-state index is 14.5. The van der Waals surface area contributed by atoms with Gasteiger partial charge in [0.15, 0.2) is 0 Å². The molecule has 0 heterocycles. The summed E-state index contributed by atoms with van der Waals surface area (Å²) in [6.07, 6.45) is -2.22. The van der Waals surface area contributed by atoms with Crippen LogP contribution in [0.3, 0.4) is 0 Å². The predicted molar refractivity (Wildman–Crippen MR) is 129 cm³/mol. The second-order valence-corrected chi connectivity index (χ2v) is 13.4. The normalized spacial score (nSPS) is 23.4. The molecule has 0 N–H and O–H groups in total. The van der Waals surface area contributed by atoms with Crippen LogP contribution in [-0.4, -0.2) is 24.7 Å². The van der Waals surface area contributed by atoms with Crippen LogP contribution in [-0.2, 0) is 0 Å². The molecular weight excluding hydrogens is 484 g/mol. The third kappa shape index (κ3) is 3.11. The first-order chi connectivity index (χ1) is 13.1. The van der Waals surface area contributed by atoms with Gasteiger partial charge in [0.1, 0.15) is 0 Å². The van der Waals surface area contributed by atoms with Gasteiger partial charge in [0, 0.05) is 0 Å². The molecule has 28 heavy (non-hydrogen) atoms. The Labute approximate surface area is 183 Å². The summed E-state index contributed by atoms with van der Waals surface area (Å²) in [7, 11) is 0. The Balaban J connectivity index is 0.00000225. The Morgan fingerprint density at radius 2 is 0.893 bits per heavy atom. The minimum atomic E-state index is -3.07. The third-order valence-electron chi connectivity index (χ3n) is 6.56. The van der Waals surface area contributed by atoms with Gasteiger partial charge in [-0.1, -0.05) is 0 Å². The van der Waals surface area contributed by atoms with E-state index in [0.29, 0.717) is 0 Å². The number of benzene rings is 3. The van der Waals surface area contributed by atoms with Crippen molar-refractivity contribution in [3.8, 4) is 0 Å². The van der Waals surface area contributed by atoms with Crippen LogP contribution >= 0.6 is 30.6 Å². The van der Waals surface area contributed by atoms with E-state index in [1.807, 2.05) is 54.6 Å². The molecule has 0 amide bonds. The first-order valence-corrected chi connectivity index (χ1v) is 12.3. The number of alkyl halides is 2. The van der Waals surface area contributed by atoms with E-state index >= 15 is 0 Å². The van der Waals surface area contributed by atoms with Gasteiger partial charge in [-0.2, -0.15) is 0 Å². The third-order valence-corrected chi connectivity index (χ3v) is 13.7. The van der Waals surface area contributed by atoms with Crippen molar-refractivity contribution in [2.75, 3.05) is 6.66 Å². The Morgan fingerprint density at radius 1 is 0.607 bits per heavy atom. The number of halogens is 3. The quantitative estimate of drug-likeness (QED) is 0.317. The van der Waals surface area contributed by atoms with E-state index in [1.165, 1.54) is 15.9 Å². The SMILES string of the molecule is CP(c1ccccc1)(c1ccccc1)(c1ccccc1)C1C[C@@H](F)[C@@H](F)C1.I. The van der Waals surface area contributed by atoms with Crippen molar-refractivity contribution >= 4 is 46.5 Å². The van der Waals surface area contributed by atoms with E-state index in [-0.39, 0.29) is 42.5 Å². The van der Waals surface area contributed by atoms with Crippen LogP contribution < -0.4 is 15.9 Å². The van der Waals surface area contributed by atoms with E-state index in [9.17, 15) is 8.78 Å². The van der Waals surface area contributed by atoms with Crippen molar-refractivity contribution in [2.45, 2.75) is 30.8 Å². The standard InChI is InChI=1S/C24H25F2P.HI/c1-27(19-11-5-2-6-12-19,20-13-7-3-8-14-20,21-15-9-4-10-16-21)22-17-23(25)24(26)18-22;/h2-16,22-24H,17-18H2,1H3;1H/t22?,23-,24+;. The van der Waals surface area contributed by atoms with Crippen LogP contribution in [0.1, 0.15) is 12.8 Å². The summed E-state index contributed by atoms with van der Waals surface area (Å²) in [6.45, 7) is -0.766. The summed E-state index contributed by atoms with van der Waals surface area (Å²) in [5.74, 6) is 0. The first-order valence-electron chi connectivity index (χ1n) is 9.51. The van der Waals surface area contributed by atoms with Crippen LogP contribution in [0, 0.1) is 0 Å². The molecule has 0 aliphatic heterocycles. The van der Waals surface area contributed by atoms with Crippen molar-refractivity contribution in [3.05, 3.63) is 91.0 Å². The van der Waals surface area contributed by atoms with E-state index in [1.54, 1.807) is 0 Å². The molecule has 4 heteroatoms. The van der Waals surface area contributed by atoms with Crippen molar-refractivity contribution in [1.82, 2.24) is 0 Å². The van der Waals surface area contributed by atoms with Gasteiger partial charge in [-0.05, 0) is 0 Å². The van der Waals surface area contributed by atoms with Crippen LogP contribution in [0.4, 0.5) is 8.78 Å². The maximum atomic E-state index is 14.5. The van der Waals surface area contributed by atoms with Crippen LogP contribution in [0.2, 0.25) is 0 Å². The average Bonchev–Trinajstić information content (AvgIpc) is 3.09. The fraction of sp³-hybridized carbons (Fsp3) is 0.250. The molecule has 3 aromatic rings. The molecule has 3 aromatic carbocycles. The van der Waals surface area contributed by atoms with E-state index in [0.717, 1.165) is 0 Å². The van der Waals surface area contributed by atoms with Gasteiger partial charge >= 0.3 is 160 Å². The minimum absolute atomic E-state index is 0. The van der Waals surface area contributed by atoms with Gasteiger partial charge in [0.05, 0.1) is 0 Å². The second-order valence-electron chi connectivity index (χ2n) is 7.82. The largest absolute Gasteiger partial charge is 0.107 e. The predicted octanol–water partition coefficient (Wildman–Crippen LogP) is 5.60. The van der Waals surface area contributed by atoms with Gasteiger partial charge in [-0.3, -0.25) is 0 Å². The van der Waals surface area contributed by atoms with Crippen molar-refractivity contribution in [2.24, 2.45) is 0 Å². The molecule has 0 saturated heterocycles. The molecule has 1 saturated carbocycles. The van der Waals surface area contributed by atoms with Gasteiger partial charge in [-0.15, -0.1) is 24.0 Å². The molecule has 1 aliphatic carbocycles. The Bertz CT molecular complexity index is 792. The molecule has 0 aromatic heterocycles. The van der Waals surface area contributed by atoms with Gasteiger partial charge < -0.3 is 0 Å². The Kier molecular flexibility index (Phi) is 6.26. The van der Waals surface area contributed by atoms with Crippen LogP contribution in [0.15, 0.2) is 91.0 Å². The monoisotopic (exact) mass is 510 g/mol. The molecule has 0 bridgehead atoms. The van der Waals surface area contributed by atoms with Gasteiger partial charge in [0.25, 0.3) is 0 Å². The fourth-order valence-corrected chi connectivity index (χ4v) is 11.4. The molecule has 1 unspecified atom stereocenters. The molecule has 1 fully saturated rings. The molecule has 0 spiro atoms. The van der Waals surface area contributed by atoms with Crippen LogP contribution in [0.5, 0.6) is 0 Å². The topological polar surface area (TPSA) is 0 Å². The number of rotatable bonds is 4. The van der Waals surface area contributed by atoms with Crippen molar-refractivity contribution in [1.29, 1.82) is 0 Å². The molecule has 0 radical (unpaired) electrons. The van der Waals surface area contributed by atoms with Crippen molar-refractivity contribution < 1.29 is 8.78 Å². The van der Waals surface area contributed by atoms with Gasteiger partial charge in [0.2, 0.25) is 0 Å². The van der Waals surface area contributed by atoms with E-state index < -0.39 is 18.9 Å². The van der Waals surface area contributed by atoms with E-state index in [4.69, 9.17) is 0 Å². The van der Waals surface area contributed by atoms with Crippen molar-refractivity contribution in [3.63, 3.8) is 0 Å². The van der Waals surface area contributed by atoms with E-state index in [2.05, 4.69) is 43.1 Å². The molecule has 0 nitrogen and oxygen atoms in total. The summed E-state index contributed by atoms with van der Waals surface area (Å²) in [5, 5.41) is 3.60. The Hall–Kier alpha value is -1.32. The molecule has 3 atom stereocenters. The molecular formula is C24H26F2IP. The first kappa shape index (κ1) is 21.4. The van der Waals surface area contributed by atoms with Crippen LogP contribution in [0.25, 0.3) is 0 Å². The zero-order chi connectivity index (χ0) is 18.9. The summed E-state index contributed by atoms with van der Waals surface area (Å²) in [6, 6.07) is 31.2. The fourth-order valence-electron chi connectivity index (χ4n) is 4.95. The summed E-state index contributed by atoms with van der Waals surface area (Å²) >= 11 is 0. The molecule has 4 rings (SSSR count). The second kappa shape index (κ2) is 8.20. The minimum Gasteiger partial charge on any atom is -0.107 e. The van der Waals surface area contributed by atoms with Gasteiger partial charge in [-0.25, -0.2) is 0 Å². The summed E-state index contributed by atoms with van der Waals surface area (Å²) < 4.78 is 28.9. The number of hydrogen-bond acceptors (Lipinski definition) is 0. The maximum Gasteiger partial charge on any atom is -0.107 e. The zero-order valence-electron chi connectivity index (χ0n) is 15.9. The molecule has 1 aliphatic rings. The zero-order valence-corrected chi connectivity index (χ0v) is 19.1. The average molecular weight is 510 g/mol. The molecule has 148 valence electrons. The Morgan fingerprint density at radius 3 is 1.18 bits per heavy atom. The summed E-state index contributed by atoms with van der Waals surface area (Å²) in [5.41, 5.74) is -0.0619. The number of hydrogen-bond donors (Lipinski definition) is 0.